The molecule has 15 heavy (non-hydrogen) atoms. The van der Waals surface area contributed by atoms with Gasteiger partial charge in [-0.25, -0.2) is 4.79 Å². The van der Waals surface area contributed by atoms with Crippen LogP contribution in [-0.4, -0.2) is 16.8 Å². The molecular formula is C9H7ClN2O3. The number of nitrogens with zero attached hydrogens (tertiary/aromatic N) is 1. The van der Waals surface area contributed by atoms with Crippen molar-refractivity contribution in [3.8, 4) is 0 Å². The normalized spacial score (nSPS) is 10.5. The zero-order chi connectivity index (χ0) is 11.0. The van der Waals surface area contributed by atoms with E-state index in [9.17, 15) is 9.59 Å². The van der Waals surface area contributed by atoms with Crippen LogP contribution in [0.5, 0.6) is 0 Å². The number of benzene rings is 1. The first-order chi connectivity index (χ1) is 7.13. The van der Waals surface area contributed by atoms with Crippen molar-refractivity contribution in [1.29, 1.82) is 0 Å². The van der Waals surface area contributed by atoms with Gasteiger partial charge in [0.05, 0.1) is 10.9 Å². The van der Waals surface area contributed by atoms with Gasteiger partial charge in [-0.15, -0.1) is 0 Å². The monoisotopic (exact) mass is 226 g/mol. The van der Waals surface area contributed by atoms with Gasteiger partial charge in [-0.1, -0.05) is 16.3 Å². The third-order valence-corrected chi connectivity index (χ3v) is 2.24. The van der Waals surface area contributed by atoms with E-state index in [0.717, 1.165) is 0 Å². The highest BCUT2D eigenvalue weighted by Gasteiger charge is 2.07. The first-order valence-corrected chi connectivity index (χ1v) is 4.50. The Kier molecular flexibility index (Phi) is 2.24. The van der Waals surface area contributed by atoms with Gasteiger partial charge in [0, 0.05) is 5.02 Å². The van der Waals surface area contributed by atoms with Crippen LogP contribution in [-0.2, 0) is 0 Å². The van der Waals surface area contributed by atoms with Crippen molar-refractivity contribution >= 4 is 22.5 Å². The molecule has 1 N–H and O–H groups in total. The highest BCUT2D eigenvalue weighted by atomic mass is 35.5. The first-order valence-electron chi connectivity index (χ1n) is 4.12. The van der Waals surface area contributed by atoms with Gasteiger partial charge < -0.3 is 9.82 Å². The van der Waals surface area contributed by atoms with Crippen molar-refractivity contribution in [3.05, 3.63) is 44.1 Å². The molecule has 0 amide bonds. The van der Waals surface area contributed by atoms with Crippen LogP contribution in [0.15, 0.2) is 27.8 Å². The fraction of sp³-hybridized carbons (Fsp3) is 0.111. The summed E-state index contributed by atoms with van der Waals surface area (Å²) in [5, 5.41) is 0.800. The second-order valence-corrected chi connectivity index (χ2v) is 3.34. The highest BCUT2D eigenvalue weighted by molar-refractivity contribution is 6.31. The van der Waals surface area contributed by atoms with Crippen LogP contribution in [0.1, 0.15) is 0 Å². The van der Waals surface area contributed by atoms with E-state index in [1.54, 1.807) is 6.07 Å². The van der Waals surface area contributed by atoms with Crippen LogP contribution >= 0.6 is 11.6 Å². The average molecular weight is 227 g/mol. The number of nitrogens with one attached hydrogen (secondary N) is 1. The first kappa shape index (κ1) is 9.79. The molecule has 0 bridgehead atoms. The van der Waals surface area contributed by atoms with E-state index in [2.05, 4.69) is 9.82 Å². The lowest BCUT2D eigenvalue weighted by molar-refractivity contribution is 0.146. The van der Waals surface area contributed by atoms with Gasteiger partial charge >= 0.3 is 5.69 Å². The molecule has 1 aromatic carbocycles. The number of aromatic nitrogens is 2. The second-order valence-electron chi connectivity index (χ2n) is 2.90. The minimum absolute atomic E-state index is 0.348. The summed E-state index contributed by atoms with van der Waals surface area (Å²) in [5.74, 6) is 0. The van der Waals surface area contributed by atoms with Crippen LogP contribution in [0.25, 0.3) is 10.9 Å². The molecule has 0 aliphatic carbocycles. The summed E-state index contributed by atoms with van der Waals surface area (Å²) < 4.78 is 0.649. The minimum Gasteiger partial charge on any atom is -0.409 e. The summed E-state index contributed by atoms with van der Waals surface area (Å²) in [6.45, 7) is 0. The maximum absolute atomic E-state index is 11.7. The molecule has 0 atom stereocenters. The predicted molar refractivity (Wildman–Crippen MR) is 56.3 cm³/mol. The fourth-order valence-electron chi connectivity index (χ4n) is 1.34. The van der Waals surface area contributed by atoms with Crippen LogP contribution < -0.4 is 16.1 Å². The lowest BCUT2D eigenvalue weighted by atomic mass is 10.2. The Morgan fingerprint density at radius 3 is 2.80 bits per heavy atom. The van der Waals surface area contributed by atoms with Crippen molar-refractivity contribution in [2.24, 2.45) is 0 Å². The molecule has 78 valence electrons. The maximum Gasteiger partial charge on any atom is 0.362 e. The summed E-state index contributed by atoms with van der Waals surface area (Å²) in [4.78, 5) is 30.1. The van der Waals surface area contributed by atoms with Gasteiger partial charge in [0.15, 0.2) is 0 Å². The van der Waals surface area contributed by atoms with E-state index < -0.39 is 11.2 Å². The molecule has 6 heteroatoms. The number of halogens is 1. The number of rotatable bonds is 1. The van der Waals surface area contributed by atoms with Crippen molar-refractivity contribution in [3.63, 3.8) is 0 Å². The molecule has 1 heterocycles. The van der Waals surface area contributed by atoms with E-state index in [4.69, 9.17) is 11.6 Å². The smallest absolute Gasteiger partial charge is 0.362 e. The van der Waals surface area contributed by atoms with Crippen molar-refractivity contribution < 1.29 is 4.84 Å². The number of fused-ring (bicyclic) bond motifs is 1. The molecular weight excluding hydrogens is 220 g/mol. The standard InChI is InChI=1S/C9H7ClN2O3/c1-15-12-8(13)6-3-2-5(10)4-7(6)11-9(12)14/h2-4H,1H3,(H,11,14). The SMILES string of the molecule is COn1c(=O)[nH]c2cc(Cl)ccc2c1=O. The number of aromatic amines is 1. The van der Waals surface area contributed by atoms with E-state index in [1.807, 2.05) is 0 Å². The topological polar surface area (TPSA) is 64.1 Å². The molecule has 0 fully saturated rings. The van der Waals surface area contributed by atoms with E-state index in [1.165, 1.54) is 19.2 Å². The third kappa shape index (κ3) is 1.50. The van der Waals surface area contributed by atoms with E-state index in [-0.39, 0.29) is 0 Å². The van der Waals surface area contributed by atoms with Crippen molar-refractivity contribution in [2.45, 2.75) is 0 Å². The molecule has 0 aliphatic heterocycles. The summed E-state index contributed by atoms with van der Waals surface area (Å²) >= 11 is 5.73. The Balaban J connectivity index is 2.98. The molecule has 1 aromatic heterocycles. The summed E-state index contributed by atoms with van der Waals surface area (Å²) in [6, 6.07) is 4.62. The number of hydrogen-bond acceptors (Lipinski definition) is 3. The number of hydrogen-bond donors (Lipinski definition) is 1. The molecule has 0 saturated carbocycles. The van der Waals surface area contributed by atoms with E-state index in [0.29, 0.717) is 20.7 Å². The number of H-pyrrole nitrogens is 1. The largest absolute Gasteiger partial charge is 0.409 e. The van der Waals surface area contributed by atoms with Crippen molar-refractivity contribution in [1.82, 2.24) is 9.71 Å². The Labute approximate surface area is 88.8 Å². The highest BCUT2D eigenvalue weighted by Crippen LogP contribution is 2.12. The van der Waals surface area contributed by atoms with Gasteiger partial charge in [-0.2, -0.15) is 0 Å². The summed E-state index contributed by atoms with van der Waals surface area (Å²) in [6.07, 6.45) is 0. The van der Waals surface area contributed by atoms with Gasteiger partial charge in [-0.05, 0) is 18.2 Å². The Morgan fingerprint density at radius 2 is 2.13 bits per heavy atom. The predicted octanol–water partition coefficient (Wildman–Crippen LogP) is 0.402. The van der Waals surface area contributed by atoms with Crippen LogP contribution in [0.2, 0.25) is 5.02 Å². The van der Waals surface area contributed by atoms with Crippen LogP contribution in [0, 0.1) is 0 Å². The fourth-order valence-corrected chi connectivity index (χ4v) is 1.51. The molecule has 0 unspecified atom stereocenters. The molecule has 2 aromatic rings. The minimum atomic E-state index is -0.628. The Hall–Kier alpha value is -1.75. The van der Waals surface area contributed by atoms with Gasteiger partial charge in [-0.3, -0.25) is 4.79 Å². The van der Waals surface area contributed by atoms with Gasteiger partial charge in [0.25, 0.3) is 5.56 Å². The Bertz CT molecular complexity index is 629. The quantitative estimate of drug-likeness (QED) is 0.766. The van der Waals surface area contributed by atoms with Crippen LogP contribution in [0.3, 0.4) is 0 Å². The maximum atomic E-state index is 11.7. The second kappa shape index (κ2) is 3.43. The zero-order valence-electron chi connectivity index (χ0n) is 7.78. The lowest BCUT2D eigenvalue weighted by Crippen LogP contribution is -2.38. The summed E-state index contributed by atoms with van der Waals surface area (Å²) in [5.41, 5.74) is -0.740. The molecule has 0 saturated heterocycles. The third-order valence-electron chi connectivity index (χ3n) is 2.01. The molecule has 2 rings (SSSR count). The van der Waals surface area contributed by atoms with E-state index >= 15 is 0 Å². The van der Waals surface area contributed by atoms with Gasteiger partial charge in [0.2, 0.25) is 0 Å². The molecule has 0 radical (unpaired) electrons. The molecule has 0 aliphatic rings. The van der Waals surface area contributed by atoms with Crippen molar-refractivity contribution in [2.75, 3.05) is 7.11 Å². The van der Waals surface area contributed by atoms with Crippen LogP contribution in [0.4, 0.5) is 0 Å². The average Bonchev–Trinajstić information content (AvgIpc) is 2.17. The Morgan fingerprint density at radius 1 is 1.40 bits per heavy atom. The molecule has 0 spiro atoms. The van der Waals surface area contributed by atoms with Gasteiger partial charge in [0.1, 0.15) is 7.11 Å². The zero-order valence-corrected chi connectivity index (χ0v) is 8.54. The lowest BCUT2D eigenvalue weighted by Gasteiger charge is -2.03. The summed E-state index contributed by atoms with van der Waals surface area (Å²) in [7, 11) is 1.25. The molecule has 5 nitrogen and oxygen atoms in total.